The zero-order valence-electron chi connectivity index (χ0n) is 12.8. The fraction of sp³-hybridized carbons (Fsp3) is 0.583. The van der Waals surface area contributed by atoms with Crippen LogP contribution in [-0.4, -0.2) is 76.3 Å². The Morgan fingerprint density at radius 3 is 2.08 bits per heavy atom. The van der Waals surface area contributed by atoms with Gasteiger partial charge in [0, 0.05) is 0 Å². The molecule has 136 valence electrons. The highest BCUT2D eigenvalue weighted by Gasteiger charge is 2.23. The van der Waals surface area contributed by atoms with Gasteiger partial charge in [-0.25, -0.2) is 4.79 Å². The number of hydrogen-bond acceptors (Lipinski definition) is 7. The summed E-state index contributed by atoms with van der Waals surface area (Å²) in [5.41, 5.74) is 5.32. The summed E-state index contributed by atoms with van der Waals surface area (Å²) in [6.45, 7) is -0.112. The molecule has 3 atom stereocenters. The molecule has 0 aliphatic carbocycles. The molecular formula is C12H20N4O8. The molecule has 0 fully saturated rings. The zero-order valence-corrected chi connectivity index (χ0v) is 12.8. The lowest BCUT2D eigenvalue weighted by Gasteiger charge is -2.17. The van der Waals surface area contributed by atoms with Crippen LogP contribution in [0.1, 0.15) is 13.3 Å². The Bertz CT molecular complexity index is 509. The third-order valence-corrected chi connectivity index (χ3v) is 2.72. The molecule has 8 N–H and O–H groups in total. The molecule has 0 saturated heterocycles. The van der Waals surface area contributed by atoms with E-state index in [1.165, 1.54) is 6.92 Å². The van der Waals surface area contributed by atoms with Crippen molar-refractivity contribution in [2.45, 2.75) is 31.5 Å². The summed E-state index contributed by atoms with van der Waals surface area (Å²) < 4.78 is 0. The first-order valence-electron chi connectivity index (χ1n) is 6.77. The fourth-order valence-electron chi connectivity index (χ4n) is 1.42. The van der Waals surface area contributed by atoms with Crippen molar-refractivity contribution in [3.05, 3.63) is 0 Å². The standard InChI is InChI=1S/C12H20N4O8/c1-5(15-11(22)6(13)2-9(19)20)10(21)14-3-8(18)16-7(4-17)12(23)24/h5-7,17H,2-4,13H2,1H3,(H,14,21)(H,15,22)(H,16,18)(H,19,20)(H,23,24). The van der Waals surface area contributed by atoms with Gasteiger partial charge in [0.05, 0.1) is 25.6 Å². The van der Waals surface area contributed by atoms with Crippen molar-refractivity contribution in [3.63, 3.8) is 0 Å². The highest BCUT2D eigenvalue weighted by Crippen LogP contribution is 1.91. The lowest BCUT2D eigenvalue weighted by atomic mass is 10.2. The molecule has 0 saturated carbocycles. The first-order valence-corrected chi connectivity index (χ1v) is 6.77. The number of carboxylic acid groups (broad SMARTS) is 2. The van der Waals surface area contributed by atoms with Crippen LogP contribution in [0.5, 0.6) is 0 Å². The van der Waals surface area contributed by atoms with Crippen molar-refractivity contribution >= 4 is 29.7 Å². The third kappa shape index (κ3) is 8.05. The molecule has 0 rings (SSSR count). The van der Waals surface area contributed by atoms with Crippen LogP contribution in [-0.2, 0) is 24.0 Å². The Kier molecular flexibility index (Phi) is 8.97. The van der Waals surface area contributed by atoms with Crippen LogP contribution in [0.15, 0.2) is 0 Å². The topological polar surface area (TPSA) is 208 Å². The zero-order chi connectivity index (χ0) is 18.9. The minimum atomic E-state index is -1.50. The molecule has 12 heteroatoms. The number of nitrogens with one attached hydrogen (secondary N) is 3. The Morgan fingerprint density at radius 2 is 1.62 bits per heavy atom. The molecule has 0 aromatic heterocycles. The van der Waals surface area contributed by atoms with E-state index in [1.807, 2.05) is 5.32 Å². The van der Waals surface area contributed by atoms with Gasteiger partial charge in [-0.05, 0) is 6.92 Å². The van der Waals surface area contributed by atoms with E-state index in [1.54, 1.807) is 0 Å². The highest BCUT2D eigenvalue weighted by molar-refractivity contribution is 5.93. The van der Waals surface area contributed by atoms with Gasteiger partial charge in [0.2, 0.25) is 17.7 Å². The van der Waals surface area contributed by atoms with Crippen LogP contribution >= 0.6 is 0 Å². The summed E-state index contributed by atoms with van der Waals surface area (Å²) in [5.74, 6) is -5.19. The molecule has 3 amide bonds. The Hall–Kier alpha value is -2.73. The summed E-state index contributed by atoms with van der Waals surface area (Å²) in [7, 11) is 0. The van der Waals surface area contributed by atoms with Crippen LogP contribution < -0.4 is 21.7 Å². The smallest absolute Gasteiger partial charge is 0.328 e. The Labute approximate surface area is 136 Å². The molecule has 0 bridgehead atoms. The van der Waals surface area contributed by atoms with Crippen molar-refractivity contribution in [3.8, 4) is 0 Å². The van der Waals surface area contributed by atoms with Gasteiger partial charge in [-0.2, -0.15) is 0 Å². The van der Waals surface area contributed by atoms with E-state index in [9.17, 15) is 24.0 Å². The summed E-state index contributed by atoms with van der Waals surface area (Å²) in [6.07, 6.45) is -0.611. The number of hydrogen-bond donors (Lipinski definition) is 7. The second kappa shape index (κ2) is 10.1. The minimum absolute atomic E-state index is 0.579. The molecule has 0 aromatic carbocycles. The molecule has 0 aromatic rings. The van der Waals surface area contributed by atoms with E-state index in [0.717, 1.165) is 0 Å². The van der Waals surface area contributed by atoms with E-state index in [0.29, 0.717) is 0 Å². The monoisotopic (exact) mass is 348 g/mol. The number of aliphatic carboxylic acids is 2. The second-order valence-electron chi connectivity index (χ2n) is 4.79. The number of carbonyl (C=O) groups is 5. The quantitative estimate of drug-likeness (QED) is 0.205. The lowest BCUT2D eigenvalue weighted by Crippen LogP contribution is -2.53. The predicted octanol–water partition coefficient (Wildman–Crippen LogP) is -4.03. The van der Waals surface area contributed by atoms with Gasteiger partial charge in [-0.15, -0.1) is 0 Å². The SMILES string of the molecule is CC(NC(=O)C(N)CC(=O)O)C(=O)NCC(=O)NC(CO)C(=O)O. The maximum absolute atomic E-state index is 11.7. The number of rotatable bonds is 10. The summed E-state index contributed by atoms with van der Waals surface area (Å²) >= 11 is 0. The number of carbonyl (C=O) groups excluding carboxylic acids is 3. The number of aliphatic hydroxyl groups is 1. The molecule has 24 heavy (non-hydrogen) atoms. The minimum Gasteiger partial charge on any atom is -0.481 e. The van der Waals surface area contributed by atoms with Crippen molar-refractivity contribution in [2.75, 3.05) is 13.2 Å². The van der Waals surface area contributed by atoms with Gasteiger partial charge < -0.3 is 37.0 Å². The van der Waals surface area contributed by atoms with Gasteiger partial charge in [0.1, 0.15) is 12.1 Å². The van der Waals surface area contributed by atoms with E-state index >= 15 is 0 Å². The molecule has 12 nitrogen and oxygen atoms in total. The molecule has 0 heterocycles. The number of carboxylic acids is 2. The number of nitrogens with two attached hydrogens (primary N) is 1. The van der Waals surface area contributed by atoms with Gasteiger partial charge in [0.25, 0.3) is 0 Å². The number of amides is 3. The molecule has 0 aliphatic heterocycles. The van der Waals surface area contributed by atoms with Gasteiger partial charge >= 0.3 is 11.9 Å². The third-order valence-electron chi connectivity index (χ3n) is 2.72. The molecule has 0 aliphatic rings. The molecule has 3 unspecified atom stereocenters. The van der Waals surface area contributed by atoms with E-state index in [2.05, 4.69) is 10.6 Å². The van der Waals surface area contributed by atoms with E-state index in [-0.39, 0.29) is 0 Å². The predicted molar refractivity (Wildman–Crippen MR) is 77.5 cm³/mol. The van der Waals surface area contributed by atoms with Gasteiger partial charge in [-0.3, -0.25) is 19.2 Å². The molecular weight excluding hydrogens is 328 g/mol. The first-order chi connectivity index (χ1) is 11.1. The van der Waals surface area contributed by atoms with Crippen LogP contribution in [0.2, 0.25) is 0 Å². The fourth-order valence-corrected chi connectivity index (χ4v) is 1.42. The summed E-state index contributed by atoms with van der Waals surface area (Å²) in [5, 5.41) is 32.2. The van der Waals surface area contributed by atoms with Crippen molar-refractivity contribution in [1.82, 2.24) is 16.0 Å². The van der Waals surface area contributed by atoms with Crippen molar-refractivity contribution in [2.24, 2.45) is 5.73 Å². The Balaban J connectivity index is 4.31. The normalized spacial score (nSPS) is 14.0. The van der Waals surface area contributed by atoms with Crippen LogP contribution in [0.25, 0.3) is 0 Å². The van der Waals surface area contributed by atoms with Crippen molar-refractivity contribution in [1.29, 1.82) is 0 Å². The summed E-state index contributed by atoms with van der Waals surface area (Å²) in [6, 6.07) is -3.93. The van der Waals surface area contributed by atoms with Gasteiger partial charge in [0.15, 0.2) is 0 Å². The molecule has 0 spiro atoms. The van der Waals surface area contributed by atoms with Crippen molar-refractivity contribution < 1.29 is 39.3 Å². The van der Waals surface area contributed by atoms with E-state index < -0.39 is 67.4 Å². The molecule has 0 radical (unpaired) electrons. The largest absolute Gasteiger partial charge is 0.481 e. The van der Waals surface area contributed by atoms with Crippen LogP contribution in [0, 0.1) is 0 Å². The maximum atomic E-state index is 11.7. The highest BCUT2D eigenvalue weighted by atomic mass is 16.4. The summed E-state index contributed by atoms with van der Waals surface area (Å²) in [4.78, 5) is 55.7. The van der Waals surface area contributed by atoms with E-state index in [4.69, 9.17) is 21.1 Å². The second-order valence-corrected chi connectivity index (χ2v) is 4.79. The van der Waals surface area contributed by atoms with Gasteiger partial charge in [-0.1, -0.05) is 0 Å². The lowest BCUT2D eigenvalue weighted by molar-refractivity contribution is -0.142. The first kappa shape index (κ1) is 21.3. The van der Waals surface area contributed by atoms with Crippen LogP contribution in [0.4, 0.5) is 0 Å². The number of aliphatic hydroxyl groups excluding tert-OH is 1. The average Bonchev–Trinajstić information content (AvgIpc) is 2.48. The maximum Gasteiger partial charge on any atom is 0.328 e. The Morgan fingerprint density at radius 1 is 1.04 bits per heavy atom. The average molecular weight is 348 g/mol. The van der Waals surface area contributed by atoms with Crippen LogP contribution in [0.3, 0.4) is 0 Å².